The Bertz CT molecular complexity index is 921. The summed E-state index contributed by atoms with van der Waals surface area (Å²) in [6, 6.07) is 19.1. The van der Waals surface area contributed by atoms with Gasteiger partial charge in [-0.3, -0.25) is 0 Å². The lowest BCUT2D eigenvalue weighted by Crippen LogP contribution is -1.87. The summed E-state index contributed by atoms with van der Waals surface area (Å²) in [6.07, 6.45) is 0. The maximum absolute atomic E-state index is 4.89. The van der Waals surface area contributed by atoms with Crippen LogP contribution in [0.25, 0.3) is 32.2 Å². The largest absolute Gasteiger partial charge is 0.247 e. The topological polar surface area (TPSA) is 12.9 Å². The van der Waals surface area contributed by atoms with Gasteiger partial charge in [-0.05, 0) is 30.5 Å². The van der Waals surface area contributed by atoms with E-state index in [4.69, 9.17) is 4.98 Å². The van der Waals surface area contributed by atoms with Gasteiger partial charge < -0.3 is 0 Å². The van der Waals surface area contributed by atoms with Crippen molar-refractivity contribution >= 4 is 32.3 Å². The lowest BCUT2D eigenvalue weighted by atomic mass is 10.0. The summed E-state index contributed by atoms with van der Waals surface area (Å²) in [5.74, 6) is 0. The van der Waals surface area contributed by atoms with E-state index in [0.717, 1.165) is 11.2 Å². The molecule has 2 aromatic heterocycles. The minimum atomic E-state index is 1.07. The van der Waals surface area contributed by atoms with Gasteiger partial charge in [-0.2, -0.15) is 0 Å². The molecule has 4 rings (SSSR count). The van der Waals surface area contributed by atoms with Crippen LogP contribution in [0.2, 0.25) is 0 Å². The molecule has 0 aliphatic rings. The molecule has 0 fully saturated rings. The highest BCUT2D eigenvalue weighted by Gasteiger charge is 2.10. The number of benzene rings is 2. The Hall–Kier alpha value is -2.19. The highest BCUT2D eigenvalue weighted by atomic mass is 32.1. The highest BCUT2D eigenvalue weighted by Crippen LogP contribution is 2.35. The molecule has 96 valence electrons. The summed E-state index contributed by atoms with van der Waals surface area (Å²) in [7, 11) is 0. The van der Waals surface area contributed by atoms with E-state index in [9.17, 15) is 0 Å². The first-order chi connectivity index (χ1) is 9.83. The number of nitrogens with zero attached hydrogens (tertiary/aromatic N) is 1. The quantitative estimate of drug-likeness (QED) is 0.451. The Morgan fingerprint density at radius 2 is 1.80 bits per heavy atom. The van der Waals surface area contributed by atoms with Crippen LogP contribution in [-0.4, -0.2) is 4.98 Å². The predicted molar refractivity (Wildman–Crippen MR) is 87.3 cm³/mol. The molecular weight excluding hydrogens is 262 g/mol. The molecule has 20 heavy (non-hydrogen) atoms. The molecule has 4 aromatic rings. The minimum absolute atomic E-state index is 1.07. The van der Waals surface area contributed by atoms with Crippen LogP contribution in [0.4, 0.5) is 0 Å². The van der Waals surface area contributed by atoms with E-state index >= 15 is 0 Å². The van der Waals surface area contributed by atoms with Gasteiger partial charge in [-0.1, -0.05) is 42.0 Å². The third kappa shape index (κ3) is 1.73. The summed E-state index contributed by atoms with van der Waals surface area (Å²) in [5, 5.41) is 4.64. The van der Waals surface area contributed by atoms with Crippen molar-refractivity contribution in [3.63, 3.8) is 0 Å². The van der Waals surface area contributed by atoms with E-state index in [2.05, 4.69) is 66.9 Å². The van der Waals surface area contributed by atoms with Gasteiger partial charge >= 0.3 is 0 Å². The van der Waals surface area contributed by atoms with E-state index in [1.54, 1.807) is 11.3 Å². The van der Waals surface area contributed by atoms with Crippen molar-refractivity contribution in [1.29, 1.82) is 0 Å². The first kappa shape index (κ1) is 11.6. The molecule has 0 aliphatic heterocycles. The van der Waals surface area contributed by atoms with Crippen LogP contribution in [-0.2, 0) is 0 Å². The van der Waals surface area contributed by atoms with Crippen LogP contribution in [0.15, 0.2) is 60.0 Å². The molecule has 0 atom stereocenters. The number of hydrogen-bond acceptors (Lipinski definition) is 2. The van der Waals surface area contributed by atoms with Crippen molar-refractivity contribution in [3.8, 4) is 11.3 Å². The monoisotopic (exact) mass is 275 g/mol. The standard InChI is InChI=1S/C18H13NS/c1-12-5-4-6-13(11-12)17-15-9-10-20-18(15)14-7-2-3-8-16(14)19-17/h2-11H,1H3. The summed E-state index contributed by atoms with van der Waals surface area (Å²) in [5.41, 5.74) is 4.61. The number of pyridine rings is 1. The van der Waals surface area contributed by atoms with Gasteiger partial charge in [0.1, 0.15) is 0 Å². The lowest BCUT2D eigenvalue weighted by Gasteiger charge is -2.07. The van der Waals surface area contributed by atoms with E-state index in [1.807, 2.05) is 0 Å². The fourth-order valence-corrected chi connectivity index (χ4v) is 3.59. The highest BCUT2D eigenvalue weighted by molar-refractivity contribution is 7.18. The number of rotatable bonds is 1. The summed E-state index contributed by atoms with van der Waals surface area (Å²) in [4.78, 5) is 4.89. The zero-order chi connectivity index (χ0) is 13.5. The zero-order valence-electron chi connectivity index (χ0n) is 11.1. The SMILES string of the molecule is Cc1cccc(-c2nc3ccccc3c3sccc23)c1. The molecule has 0 saturated carbocycles. The third-order valence-corrected chi connectivity index (χ3v) is 4.54. The number of aryl methyl sites for hydroxylation is 1. The molecule has 0 unspecified atom stereocenters. The van der Waals surface area contributed by atoms with E-state index in [-0.39, 0.29) is 0 Å². The molecular formula is C18H13NS. The second-order valence-corrected chi connectivity index (χ2v) is 5.93. The predicted octanol–water partition coefficient (Wildman–Crippen LogP) is 5.42. The third-order valence-electron chi connectivity index (χ3n) is 3.59. The Balaban J connectivity index is 2.14. The molecule has 0 bridgehead atoms. The van der Waals surface area contributed by atoms with Crippen LogP contribution < -0.4 is 0 Å². The molecule has 2 heteroatoms. The molecule has 1 nitrogen and oxygen atoms in total. The molecule has 2 aromatic carbocycles. The zero-order valence-corrected chi connectivity index (χ0v) is 11.9. The van der Waals surface area contributed by atoms with Crippen molar-refractivity contribution in [2.75, 3.05) is 0 Å². The maximum Gasteiger partial charge on any atom is 0.0796 e. The molecule has 2 heterocycles. The molecule has 0 amide bonds. The molecule has 0 spiro atoms. The normalized spacial score (nSPS) is 11.2. The van der Waals surface area contributed by atoms with Crippen LogP contribution in [0.5, 0.6) is 0 Å². The summed E-state index contributed by atoms with van der Waals surface area (Å²) < 4.78 is 1.33. The second kappa shape index (κ2) is 4.43. The van der Waals surface area contributed by atoms with Crippen molar-refractivity contribution in [2.24, 2.45) is 0 Å². The van der Waals surface area contributed by atoms with Crippen molar-refractivity contribution in [3.05, 3.63) is 65.5 Å². The van der Waals surface area contributed by atoms with E-state index < -0.39 is 0 Å². The molecule has 0 radical (unpaired) electrons. The molecule has 0 saturated heterocycles. The van der Waals surface area contributed by atoms with Gasteiger partial charge in [0.05, 0.1) is 11.2 Å². The number of aromatic nitrogens is 1. The average Bonchev–Trinajstić information content (AvgIpc) is 2.96. The van der Waals surface area contributed by atoms with Gasteiger partial charge in [-0.15, -0.1) is 11.3 Å². The van der Waals surface area contributed by atoms with E-state index in [1.165, 1.54) is 26.6 Å². The van der Waals surface area contributed by atoms with Crippen LogP contribution in [0, 0.1) is 6.92 Å². The Kier molecular flexibility index (Phi) is 2.57. The fourth-order valence-electron chi connectivity index (χ4n) is 2.66. The minimum Gasteiger partial charge on any atom is -0.247 e. The summed E-state index contributed by atoms with van der Waals surface area (Å²) >= 11 is 1.79. The molecule has 0 N–H and O–H groups in total. The van der Waals surface area contributed by atoms with Gasteiger partial charge in [0.2, 0.25) is 0 Å². The molecule has 0 aliphatic carbocycles. The van der Waals surface area contributed by atoms with Crippen molar-refractivity contribution in [1.82, 2.24) is 4.98 Å². The van der Waals surface area contributed by atoms with Gasteiger partial charge in [-0.25, -0.2) is 4.98 Å². The Morgan fingerprint density at radius 1 is 0.900 bits per heavy atom. The van der Waals surface area contributed by atoms with Crippen LogP contribution >= 0.6 is 11.3 Å². The van der Waals surface area contributed by atoms with Crippen LogP contribution in [0.3, 0.4) is 0 Å². The number of hydrogen-bond donors (Lipinski definition) is 0. The average molecular weight is 275 g/mol. The number of thiophene rings is 1. The number of fused-ring (bicyclic) bond motifs is 3. The second-order valence-electron chi connectivity index (χ2n) is 5.01. The smallest absolute Gasteiger partial charge is 0.0796 e. The lowest BCUT2D eigenvalue weighted by molar-refractivity contribution is 1.40. The first-order valence-corrected chi connectivity index (χ1v) is 7.54. The first-order valence-electron chi connectivity index (χ1n) is 6.66. The Morgan fingerprint density at radius 3 is 2.70 bits per heavy atom. The van der Waals surface area contributed by atoms with Crippen molar-refractivity contribution in [2.45, 2.75) is 6.92 Å². The maximum atomic E-state index is 4.89. The van der Waals surface area contributed by atoms with Crippen molar-refractivity contribution < 1.29 is 0 Å². The van der Waals surface area contributed by atoms with Gasteiger partial charge in [0.15, 0.2) is 0 Å². The Labute approximate surface area is 121 Å². The van der Waals surface area contributed by atoms with Crippen LogP contribution in [0.1, 0.15) is 5.56 Å². The van der Waals surface area contributed by atoms with E-state index in [0.29, 0.717) is 0 Å². The number of para-hydroxylation sites is 1. The fraction of sp³-hybridized carbons (Fsp3) is 0.0556. The summed E-state index contributed by atoms with van der Waals surface area (Å²) in [6.45, 7) is 2.12. The van der Waals surface area contributed by atoms with Gasteiger partial charge in [0, 0.05) is 21.0 Å². The van der Waals surface area contributed by atoms with Gasteiger partial charge in [0.25, 0.3) is 0 Å².